The van der Waals surface area contributed by atoms with Crippen LogP contribution in [0, 0.1) is 5.92 Å². The maximum Gasteiger partial charge on any atom is 0.254 e. The molecule has 5 nitrogen and oxygen atoms in total. The highest BCUT2D eigenvalue weighted by molar-refractivity contribution is 5.93. The van der Waals surface area contributed by atoms with Gasteiger partial charge in [-0.3, -0.25) is 4.79 Å². The minimum Gasteiger partial charge on any atom is -0.357 e. The largest absolute Gasteiger partial charge is 0.357 e. The van der Waals surface area contributed by atoms with Crippen LogP contribution in [-0.4, -0.2) is 56.6 Å². The van der Waals surface area contributed by atoms with Crippen molar-refractivity contribution in [3.05, 3.63) is 23.9 Å². The number of aromatic nitrogens is 1. The van der Waals surface area contributed by atoms with E-state index in [1.807, 2.05) is 19.2 Å². The van der Waals surface area contributed by atoms with Crippen molar-refractivity contribution in [2.45, 2.75) is 19.3 Å². The van der Waals surface area contributed by atoms with E-state index < -0.39 is 0 Å². The van der Waals surface area contributed by atoms with Crippen molar-refractivity contribution in [3.63, 3.8) is 0 Å². The maximum absolute atomic E-state index is 11.8. The van der Waals surface area contributed by atoms with E-state index in [4.69, 9.17) is 0 Å². The SMILES string of the molecule is CNCCC1CCN(c2ccc(C(=O)N(C)C)cn2)CC1. The number of hydrogen-bond donors (Lipinski definition) is 1. The molecule has 1 aliphatic rings. The Balaban J connectivity index is 1.90. The quantitative estimate of drug-likeness (QED) is 0.895. The Hall–Kier alpha value is -1.62. The van der Waals surface area contributed by atoms with E-state index in [9.17, 15) is 4.79 Å². The lowest BCUT2D eigenvalue weighted by molar-refractivity contribution is 0.0827. The molecule has 0 unspecified atom stereocenters. The van der Waals surface area contributed by atoms with Crippen molar-refractivity contribution in [1.29, 1.82) is 0 Å². The van der Waals surface area contributed by atoms with Crippen LogP contribution >= 0.6 is 0 Å². The molecule has 116 valence electrons. The zero-order valence-corrected chi connectivity index (χ0v) is 13.3. The number of amides is 1. The normalized spacial score (nSPS) is 16.0. The third-order valence-electron chi connectivity index (χ3n) is 4.14. The number of anilines is 1. The Labute approximate surface area is 127 Å². The van der Waals surface area contributed by atoms with Gasteiger partial charge in [0.1, 0.15) is 5.82 Å². The summed E-state index contributed by atoms with van der Waals surface area (Å²) in [5.74, 6) is 1.81. The number of hydrogen-bond acceptors (Lipinski definition) is 4. The molecule has 2 rings (SSSR count). The highest BCUT2D eigenvalue weighted by atomic mass is 16.2. The summed E-state index contributed by atoms with van der Waals surface area (Å²) in [7, 11) is 5.52. The van der Waals surface area contributed by atoms with Gasteiger partial charge < -0.3 is 15.1 Å². The first-order valence-corrected chi connectivity index (χ1v) is 7.69. The molecule has 1 N–H and O–H groups in total. The molecule has 1 aromatic heterocycles. The second-order valence-electron chi connectivity index (χ2n) is 5.93. The van der Waals surface area contributed by atoms with Crippen LogP contribution in [0.2, 0.25) is 0 Å². The van der Waals surface area contributed by atoms with Crippen LogP contribution in [0.25, 0.3) is 0 Å². The molecule has 5 heteroatoms. The van der Waals surface area contributed by atoms with E-state index >= 15 is 0 Å². The average molecular weight is 290 g/mol. The summed E-state index contributed by atoms with van der Waals surface area (Å²) in [6.45, 7) is 3.22. The molecule has 1 aliphatic heterocycles. The van der Waals surface area contributed by atoms with Crippen molar-refractivity contribution >= 4 is 11.7 Å². The van der Waals surface area contributed by atoms with Gasteiger partial charge in [-0.15, -0.1) is 0 Å². The van der Waals surface area contributed by atoms with Gasteiger partial charge in [0.25, 0.3) is 5.91 Å². The van der Waals surface area contributed by atoms with E-state index in [1.54, 1.807) is 25.2 Å². The number of nitrogens with one attached hydrogen (secondary N) is 1. The van der Waals surface area contributed by atoms with Gasteiger partial charge in [0.2, 0.25) is 0 Å². The molecule has 1 fully saturated rings. The molecule has 0 spiro atoms. The first kappa shape index (κ1) is 15.8. The number of carbonyl (C=O) groups excluding carboxylic acids is 1. The number of carbonyl (C=O) groups is 1. The van der Waals surface area contributed by atoms with Gasteiger partial charge in [-0.1, -0.05) is 0 Å². The van der Waals surface area contributed by atoms with E-state index in [0.717, 1.165) is 31.4 Å². The smallest absolute Gasteiger partial charge is 0.254 e. The van der Waals surface area contributed by atoms with Crippen LogP contribution in [0.1, 0.15) is 29.6 Å². The Morgan fingerprint density at radius 3 is 2.62 bits per heavy atom. The predicted molar refractivity (Wildman–Crippen MR) is 85.7 cm³/mol. The summed E-state index contributed by atoms with van der Waals surface area (Å²) in [5, 5.41) is 3.22. The van der Waals surface area contributed by atoms with Crippen molar-refractivity contribution in [2.24, 2.45) is 5.92 Å². The molecule has 1 aromatic rings. The minimum atomic E-state index is -0.000163. The van der Waals surface area contributed by atoms with Crippen LogP contribution in [-0.2, 0) is 0 Å². The summed E-state index contributed by atoms with van der Waals surface area (Å²) >= 11 is 0. The lowest BCUT2D eigenvalue weighted by Gasteiger charge is -2.32. The molecule has 0 radical (unpaired) electrons. The Morgan fingerprint density at radius 2 is 2.10 bits per heavy atom. The molecule has 1 amide bonds. The molecule has 0 bridgehead atoms. The predicted octanol–water partition coefficient (Wildman–Crippen LogP) is 1.61. The molecule has 0 aromatic carbocycles. The van der Waals surface area contributed by atoms with Crippen LogP contribution in [0.15, 0.2) is 18.3 Å². The molecule has 21 heavy (non-hydrogen) atoms. The van der Waals surface area contributed by atoms with Crippen molar-refractivity contribution < 1.29 is 4.79 Å². The van der Waals surface area contributed by atoms with Gasteiger partial charge in [0.15, 0.2) is 0 Å². The fourth-order valence-electron chi connectivity index (χ4n) is 2.76. The molecular weight excluding hydrogens is 264 g/mol. The Kier molecular flexibility index (Phi) is 5.56. The molecule has 0 aliphatic carbocycles. The first-order valence-electron chi connectivity index (χ1n) is 7.69. The van der Waals surface area contributed by atoms with Gasteiger partial charge in [0, 0.05) is 33.4 Å². The fourth-order valence-corrected chi connectivity index (χ4v) is 2.76. The second kappa shape index (κ2) is 7.41. The van der Waals surface area contributed by atoms with E-state index in [1.165, 1.54) is 19.3 Å². The fraction of sp³-hybridized carbons (Fsp3) is 0.625. The number of piperidine rings is 1. The summed E-state index contributed by atoms with van der Waals surface area (Å²) in [4.78, 5) is 20.2. The topological polar surface area (TPSA) is 48.5 Å². The van der Waals surface area contributed by atoms with Crippen molar-refractivity contribution in [3.8, 4) is 0 Å². The zero-order chi connectivity index (χ0) is 15.2. The molecular formula is C16H26N4O. The summed E-state index contributed by atoms with van der Waals surface area (Å²) in [6.07, 6.45) is 5.39. The monoisotopic (exact) mass is 290 g/mol. The van der Waals surface area contributed by atoms with Crippen molar-refractivity contribution in [1.82, 2.24) is 15.2 Å². The minimum absolute atomic E-state index is 0.000163. The number of nitrogens with zero attached hydrogens (tertiary/aromatic N) is 3. The van der Waals surface area contributed by atoms with E-state index in [0.29, 0.717) is 5.56 Å². The van der Waals surface area contributed by atoms with Gasteiger partial charge >= 0.3 is 0 Å². The van der Waals surface area contributed by atoms with Gasteiger partial charge in [-0.05, 0) is 50.9 Å². The third-order valence-corrected chi connectivity index (χ3v) is 4.14. The van der Waals surface area contributed by atoms with E-state index in [-0.39, 0.29) is 5.91 Å². The Morgan fingerprint density at radius 1 is 1.38 bits per heavy atom. The molecule has 2 heterocycles. The number of rotatable bonds is 5. The maximum atomic E-state index is 11.8. The lowest BCUT2D eigenvalue weighted by atomic mass is 9.93. The van der Waals surface area contributed by atoms with Crippen molar-refractivity contribution in [2.75, 3.05) is 45.7 Å². The van der Waals surface area contributed by atoms with E-state index in [2.05, 4.69) is 15.2 Å². The first-order chi connectivity index (χ1) is 10.1. The zero-order valence-electron chi connectivity index (χ0n) is 13.3. The third kappa shape index (κ3) is 4.17. The average Bonchev–Trinajstić information content (AvgIpc) is 2.53. The van der Waals surface area contributed by atoms with Crippen LogP contribution in [0.4, 0.5) is 5.82 Å². The summed E-state index contributed by atoms with van der Waals surface area (Å²) in [5.41, 5.74) is 0.646. The van der Waals surface area contributed by atoms with Crippen LogP contribution < -0.4 is 10.2 Å². The Bertz CT molecular complexity index is 450. The second-order valence-corrected chi connectivity index (χ2v) is 5.93. The highest BCUT2D eigenvalue weighted by Gasteiger charge is 2.20. The van der Waals surface area contributed by atoms with Gasteiger partial charge in [-0.25, -0.2) is 4.98 Å². The number of pyridine rings is 1. The van der Waals surface area contributed by atoms with Crippen LogP contribution in [0.5, 0.6) is 0 Å². The summed E-state index contributed by atoms with van der Waals surface area (Å²) in [6, 6.07) is 3.84. The van der Waals surface area contributed by atoms with Crippen LogP contribution in [0.3, 0.4) is 0 Å². The highest BCUT2D eigenvalue weighted by Crippen LogP contribution is 2.23. The molecule has 0 saturated carbocycles. The van der Waals surface area contributed by atoms with Gasteiger partial charge in [0.05, 0.1) is 5.56 Å². The summed E-state index contributed by atoms with van der Waals surface area (Å²) < 4.78 is 0. The van der Waals surface area contributed by atoms with Gasteiger partial charge in [-0.2, -0.15) is 0 Å². The lowest BCUT2D eigenvalue weighted by Crippen LogP contribution is -2.35. The standard InChI is InChI=1S/C16H26N4O/c1-17-9-6-13-7-10-20(11-8-13)15-5-4-14(12-18-15)16(21)19(2)3/h4-5,12-13,17H,6-11H2,1-3H3. The molecule has 1 saturated heterocycles. The molecule has 0 atom stereocenters.